The predicted molar refractivity (Wildman–Crippen MR) is 46.2 cm³/mol. The molecule has 1 amide bonds. The first-order chi connectivity index (χ1) is 6.22. The Kier molecular flexibility index (Phi) is 2.98. The highest BCUT2D eigenvalue weighted by Gasteiger charge is 1.99. The molecule has 0 fully saturated rings. The van der Waals surface area contributed by atoms with E-state index >= 15 is 0 Å². The summed E-state index contributed by atoms with van der Waals surface area (Å²) in [7, 11) is 0. The van der Waals surface area contributed by atoms with E-state index in [1.807, 2.05) is 6.07 Å². The molecule has 0 aliphatic heterocycles. The molecule has 0 aliphatic carbocycles. The van der Waals surface area contributed by atoms with Crippen molar-refractivity contribution < 1.29 is 4.79 Å². The smallest absolute Gasteiger partial charge is 0.218 e. The molecule has 0 saturated heterocycles. The lowest BCUT2D eigenvalue weighted by Gasteiger charge is -1.96. The Morgan fingerprint density at radius 3 is 3.08 bits per heavy atom. The van der Waals surface area contributed by atoms with Gasteiger partial charge in [0.15, 0.2) is 0 Å². The molecule has 0 spiro atoms. The molecule has 0 aliphatic rings. The van der Waals surface area contributed by atoms with Crippen LogP contribution in [0.3, 0.4) is 0 Å². The molecule has 0 saturated carbocycles. The average molecular weight is 174 g/mol. The molecule has 4 nitrogen and oxygen atoms in total. The third-order valence-electron chi connectivity index (χ3n) is 1.40. The normalized spacial score (nSPS) is 9.15. The summed E-state index contributed by atoms with van der Waals surface area (Å²) in [6.07, 6.45) is 1.73. The fraction of sp³-hybridized carbons (Fsp3) is 0.111. The first-order valence-electron chi connectivity index (χ1n) is 3.71. The van der Waals surface area contributed by atoms with Crippen LogP contribution in [0.15, 0.2) is 18.2 Å². The number of amides is 1. The van der Waals surface area contributed by atoms with Crippen LogP contribution in [0.1, 0.15) is 17.8 Å². The zero-order valence-electron chi connectivity index (χ0n) is 6.90. The van der Waals surface area contributed by atoms with E-state index < -0.39 is 5.91 Å². The maximum Gasteiger partial charge on any atom is 0.218 e. The molecule has 0 aromatic carbocycles. The van der Waals surface area contributed by atoms with Crippen molar-refractivity contribution >= 4 is 5.91 Å². The van der Waals surface area contributed by atoms with Crippen molar-refractivity contribution in [2.24, 2.45) is 5.73 Å². The predicted octanol–water partition coefficient (Wildman–Crippen LogP) is 0.381. The van der Waals surface area contributed by atoms with E-state index in [2.05, 4.69) is 4.98 Å². The molecule has 2 N–H and O–H groups in total. The number of nitrogens with zero attached hydrogens (tertiary/aromatic N) is 2. The molecule has 1 heterocycles. The van der Waals surface area contributed by atoms with Crippen molar-refractivity contribution in [3.63, 3.8) is 0 Å². The van der Waals surface area contributed by atoms with Gasteiger partial charge in [0.05, 0.1) is 0 Å². The lowest BCUT2D eigenvalue weighted by Crippen LogP contribution is -2.10. The fourth-order valence-corrected chi connectivity index (χ4v) is 0.833. The summed E-state index contributed by atoms with van der Waals surface area (Å²) in [6, 6.07) is 6.93. The Morgan fingerprint density at radius 2 is 2.46 bits per heavy atom. The summed E-state index contributed by atoms with van der Waals surface area (Å²) in [5, 5.41) is 8.52. The quantitative estimate of drug-likeness (QED) is 0.719. The number of hydrogen-bond donors (Lipinski definition) is 1. The molecule has 1 aromatic rings. The second kappa shape index (κ2) is 4.21. The van der Waals surface area contributed by atoms with E-state index in [4.69, 9.17) is 11.0 Å². The van der Waals surface area contributed by atoms with Crippen molar-refractivity contribution in [3.8, 4) is 6.07 Å². The van der Waals surface area contributed by atoms with Crippen LogP contribution in [0.4, 0.5) is 0 Å². The Labute approximate surface area is 76.0 Å². The summed E-state index contributed by atoms with van der Waals surface area (Å²) < 4.78 is 0. The highest BCUT2D eigenvalue weighted by atomic mass is 16.1. The number of carbonyl (C=O) groups is 1. The molecule has 4 heteroatoms. The minimum Gasteiger partial charge on any atom is -0.370 e. The van der Waals surface area contributed by atoms with Gasteiger partial charge in [0.1, 0.15) is 11.8 Å². The number of hydrogen-bond acceptors (Lipinski definition) is 3. The van der Waals surface area contributed by atoms with Gasteiger partial charge in [-0.25, -0.2) is 4.98 Å². The van der Waals surface area contributed by atoms with E-state index in [1.165, 1.54) is 0 Å². The third-order valence-corrected chi connectivity index (χ3v) is 1.40. The SMILES string of the molecule is N#Cc1cccc([CH]CC(N)=O)n1. The number of carbonyl (C=O) groups excluding carboxylic acids is 1. The van der Waals surface area contributed by atoms with Gasteiger partial charge in [0, 0.05) is 18.5 Å². The number of aromatic nitrogens is 1. The second-order valence-corrected chi connectivity index (χ2v) is 2.43. The minimum atomic E-state index is -0.413. The van der Waals surface area contributed by atoms with E-state index in [-0.39, 0.29) is 6.42 Å². The van der Waals surface area contributed by atoms with Gasteiger partial charge in [-0.2, -0.15) is 5.26 Å². The number of pyridine rings is 1. The van der Waals surface area contributed by atoms with Gasteiger partial charge in [-0.15, -0.1) is 0 Å². The van der Waals surface area contributed by atoms with Gasteiger partial charge in [0.25, 0.3) is 0 Å². The van der Waals surface area contributed by atoms with Crippen molar-refractivity contribution in [3.05, 3.63) is 36.0 Å². The van der Waals surface area contributed by atoms with Crippen molar-refractivity contribution in [1.82, 2.24) is 4.98 Å². The largest absolute Gasteiger partial charge is 0.370 e. The first kappa shape index (κ1) is 9.20. The van der Waals surface area contributed by atoms with Crippen LogP contribution in [0.2, 0.25) is 0 Å². The lowest BCUT2D eigenvalue weighted by atomic mass is 10.2. The van der Waals surface area contributed by atoms with E-state index in [9.17, 15) is 4.79 Å². The average Bonchev–Trinajstić information content (AvgIpc) is 2.15. The monoisotopic (exact) mass is 174 g/mol. The molecule has 1 rings (SSSR count). The van der Waals surface area contributed by atoms with E-state index in [1.54, 1.807) is 24.6 Å². The van der Waals surface area contributed by atoms with Crippen molar-refractivity contribution in [1.29, 1.82) is 5.26 Å². The Morgan fingerprint density at radius 1 is 1.69 bits per heavy atom. The van der Waals surface area contributed by atoms with Crippen LogP contribution in [-0.4, -0.2) is 10.9 Å². The standard InChI is InChI=1S/C9H8N3O/c10-6-8-3-1-2-7(12-8)4-5-9(11)13/h1-4H,5H2,(H2,11,13). The van der Waals surface area contributed by atoms with Crippen LogP contribution in [0.25, 0.3) is 0 Å². The van der Waals surface area contributed by atoms with Gasteiger partial charge in [-0.05, 0) is 12.1 Å². The number of nitriles is 1. The Balaban J connectivity index is 2.68. The van der Waals surface area contributed by atoms with Gasteiger partial charge in [-0.3, -0.25) is 4.79 Å². The fourth-order valence-electron chi connectivity index (χ4n) is 0.833. The summed E-state index contributed by atoms with van der Waals surface area (Å²) in [6.45, 7) is 0. The van der Waals surface area contributed by atoms with Gasteiger partial charge < -0.3 is 5.73 Å². The Hall–Kier alpha value is -1.89. The van der Waals surface area contributed by atoms with Gasteiger partial charge >= 0.3 is 0 Å². The van der Waals surface area contributed by atoms with Crippen LogP contribution < -0.4 is 5.73 Å². The first-order valence-corrected chi connectivity index (χ1v) is 3.71. The summed E-state index contributed by atoms with van der Waals surface area (Å²) in [4.78, 5) is 14.4. The Bertz CT molecular complexity index is 354. The maximum atomic E-state index is 10.4. The molecule has 0 atom stereocenters. The molecule has 1 radical (unpaired) electrons. The second-order valence-electron chi connectivity index (χ2n) is 2.43. The topological polar surface area (TPSA) is 79.8 Å². The molecular weight excluding hydrogens is 166 g/mol. The highest BCUT2D eigenvalue weighted by molar-refractivity contribution is 5.75. The van der Waals surface area contributed by atoms with Gasteiger partial charge in [0.2, 0.25) is 5.91 Å². The lowest BCUT2D eigenvalue weighted by molar-refractivity contribution is -0.117. The minimum absolute atomic E-state index is 0.141. The molecule has 0 unspecified atom stereocenters. The zero-order valence-corrected chi connectivity index (χ0v) is 6.90. The van der Waals surface area contributed by atoms with Crippen LogP contribution in [0.5, 0.6) is 0 Å². The summed E-state index contributed by atoms with van der Waals surface area (Å²) in [5.74, 6) is -0.413. The number of rotatable bonds is 3. The third kappa shape index (κ3) is 2.91. The molecule has 65 valence electrons. The molecular formula is C9H8N3O. The van der Waals surface area contributed by atoms with Crippen LogP contribution in [0, 0.1) is 17.8 Å². The molecule has 0 bridgehead atoms. The summed E-state index contributed by atoms with van der Waals surface area (Å²) >= 11 is 0. The van der Waals surface area contributed by atoms with Crippen LogP contribution in [-0.2, 0) is 4.79 Å². The zero-order chi connectivity index (χ0) is 9.68. The van der Waals surface area contributed by atoms with Gasteiger partial charge in [-0.1, -0.05) is 6.07 Å². The van der Waals surface area contributed by atoms with Crippen molar-refractivity contribution in [2.45, 2.75) is 6.42 Å². The van der Waals surface area contributed by atoms with E-state index in [0.29, 0.717) is 11.4 Å². The maximum absolute atomic E-state index is 10.4. The van der Waals surface area contributed by atoms with Crippen molar-refractivity contribution in [2.75, 3.05) is 0 Å². The number of nitrogens with two attached hydrogens (primary N) is 1. The molecule has 1 aromatic heterocycles. The van der Waals surface area contributed by atoms with E-state index in [0.717, 1.165) is 0 Å². The summed E-state index contributed by atoms with van der Waals surface area (Å²) in [5.41, 5.74) is 5.87. The number of primary amides is 1. The highest BCUT2D eigenvalue weighted by Crippen LogP contribution is 2.02. The molecule has 13 heavy (non-hydrogen) atoms. The van der Waals surface area contributed by atoms with Crippen LogP contribution >= 0.6 is 0 Å².